The maximum atomic E-state index is 10.5. The number of thiol groups is 1. The van der Waals surface area contributed by atoms with Crippen LogP contribution in [0.15, 0.2) is 0 Å². The van der Waals surface area contributed by atoms with Crippen LogP contribution in [0.1, 0.15) is 74.1 Å². The van der Waals surface area contributed by atoms with Crippen molar-refractivity contribution >= 4 is 178 Å². The van der Waals surface area contributed by atoms with Crippen molar-refractivity contribution in [3.8, 4) is 0 Å². The minimum absolute atomic E-state index is 0. The summed E-state index contributed by atoms with van der Waals surface area (Å²) < 4.78 is 19.0. The molecule has 0 aliphatic rings. The maximum Gasteiger partial charge on any atom is 0.305 e. The van der Waals surface area contributed by atoms with E-state index in [9.17, 15) is 28.8 Å². The number of aliphatic hydroxyl groups is 3. The second-order valence-electron chi connectivity index (χ2n) is 9.24. The van der Waals surface area contributed by atoms with Crippen molar-refractivity contribution in [3.63, 3.8) is 0 Å². The van der Waals surface area contributed by atoms with E-state index in [1.165, 1.54) is 67.8 Å². The fraction of sp³-hybridized carbons (Fsp3) is 0.595. The molecule has 1 amide bonds. The topological polar surface area (TPSA) is 258 Å². The fourth-order valence-corrected chi connectivity index (χ4v) is 7.23. The monoisotopic (exact) mass is 1780 g/mol. The molecule has 15 nitrogen and oxygen atoms in total. The second-order valence-corrected chi connectivity index (χ2v) is 23.4. The van der Waals surface area contributed by atoms with Crippen LogP contribution in [0, 0.1) is 74.7 Å². The second kappa shape index (κ2) is 155. The molecule has 0 aliphatic carbocycles. The van der Waals surface area contributed by atoms with E-state index in [4.69, 9.17) is 29.5 Å². The zero-order valence-corrected chi connectivity index (χ0v) is 75.0. The molecular formula is C42H92NO14S13Y6-11. The average molecular weight is 1790 g/mol. The Morgan fingerprint density at radius 3 is 0.711 bits per heavy atom. The Morgan fingerprint density at radius 1 is 0.408 bits per heavy atom. The molecular weight excluding hydrogens is 1690 g/mol. The van der Waals surface area contributed by atoms with Crippen molar-refractivity contribution in [2.75, 3.05) is 86.5 Å². The quantitative estimate of drug-likeness (QED) is 0.0122. The van der Waals surface area contributed by atoms with Gasteiger partial charge in [0.15, 0.2) is 0 Å². The first-order chi connectivity index (χ1) is 30.5. The molecule has 0 aromatic rings. The summed E-state index contributed by atoms with van der Waals surface area (Å²) in [6.45, 7) is 14.2. The summed E-state index contributed by atoms with van der Waals surface area (Å²) in [7, 11) is 18.2. The van der Waals surface area contributed by atoms with Crippen LogP contribution in [0.25, 0.3) is 0 Å². The molecule has 456 valence electrons. The van der Waals surface area contributed by atoms with Crippen LogP contribution in [-0.2, 0) is 244 Å². The number of aliphatic hydroxyl groups excluding tert-OH is 3. The summed E-state index contributed by atoms with van der Waals surface area (Å²) in [4.78, 5) is 60.8. The van der Waals surface area contributed by atoms with E-state index in [0.29, 0.717) is 52.1 Å². The standard InChI is InChI=1S/3C6H11O2S2.C5H9O2S2.C4H10O2S2.C4H8O.C3H7OS2.C2H5NO.CH3S.5CH3.H2O.6Y/c3*1-3-6(7)8-4-5-10-9-2;1-5(6)7-3-4-9-8-2;5-1-3-7-8-4-2-6;1-3-4(2)5;1-5-6-3-2-4;1-2(3)4;1-2;;;;;;;;;;;;/h3*2-5H2,1H3;2-4H2,1H3;5-6H,1-4H2;3H2,1-2H3;4H,1-3H2;1H3,(H2,3,4);2H,1H2;5*1H3;1H2;;;;;;/q4*-1;;;-1;;6*-1;;;;;;;. The number of ether oxygens (including phenoxy) is 4. The third-order valence-corrected chi connectivity index (χ3v) is 14.0. The Balaban J connectivity index is -0.0000000236. The average Bonchev–Trinajstić information content (AvgIpc) is 3.29. The number of carbonyl (C=O) groups excluding carboxylic acids is 6. The SMILES string of the molecule is CC(N)=O.CCC(C)=O.O.OCCSSCCO.[CH2-]S.[CH2-]SSCCO.[CH2-]SSCCOC(=O)CC.[CH2-]SSCCOC(=O)CC.[CH2-]SSCCOC(=O)CC.[CH2-]SSCCOC(C)=O.[CH3-].[CH3-].[CH3-].[CH3-].[CH3-].[Y].[Y].[Y].[Y].[Y].[Y]. The van der Waals surface area contributed by atoms with Crippen molar-refractivity contribution in [2.24, 2.45) is 5.73 Å². The summed E-state index contributed by atoms with van der Waals surface area (Å²) in [6, 6.07) is 0. The molecule has 0 saturated heterocycles. The summed E-state index contributed by atoms with van der Waals surface area (Å²) >= 11 is 3.28. The molecule has 0 aliphatic heterocycles. The van der Waals surface area contributed by atoms with Gasteiger partial charge in [0.1, 0.15) is 32.2 Å². The number of hydrogen-bond donors (Lipinski definition) is 5. The number of primary amides is 1. The Labute approximate surface area is 671 Å². The van der Waals surface area contributed by atoms with E-state index in [1.54, 1.807) is 103 Å². The number of nitrogens with two attached hydrogens (primary N) is 1. The van der Waals surface area contributed by atoms with Crippen molar-refractivity contribution < 1.29 is 265 Å². The molecule has 34 heteroatoms. The summed E-state index contributed by atoms with van der Waals surface area (Å²) in [5.41, 5.74) is 4.47. The normalized spacial score (nSPS) is 7.43. The van der Waals surface area contributed by atoms with Crippen LogP contribution in [0.4, 0.5) is 0 Å². The zero-order chi connectivity index (χ0) is 51.5. The molecule has 0 atom stereocenters. The fourth-order valence-electron chi connectivity index (χ4n) is 1.62. The van der Waals surface area contributed by atoms with Gasteiger partial charge in [-0.3, -0.25) is 115 Å². The van der Waals surface area contributed by atoms with Gasteiger partial charge in [0.2, 0.25) is 5.91 Å². The number of hydrogen-bond acceptors (Lipinski definition) is 26. The molecule has 0 heterocycles. The molecule has 7 N–H and O–H groups in total. The largest absolute Gasteiger partial charge is 0.465 e. The number of Topliss-reactive ketones (excluding diaryl/α,β-unsaturated/α-hetero) is 1. The Hall–Kier alpha value is 8.03. The number of carbonyl (C=O) groups is 6. The van der Waals surface area contributed by atoms with Crippen molar-refractivity contribution in [2.45, 2.75) is 74.1 Å². The number of ketones is 1. The smallest absolute Gasteiger partial charge is 0.305 e. The molecule has 0 saturated carbocycles. The number of esters is 4. The molecule has 0 unspecified atom stereocenters. The van der Waals surface area contributed by atoms with E-state index in [1.807, 2.05) is 6.92 Å². The minimum atomic E-state index is -0.333. The van der Waals surface area contributed by atoms with Crippen molar-refractivity contribution in [1.82, 2.24) is 0 Å². The number of amides is 1. The molecule has 0 fully saturated rings. The Bertz CT molecular complexity index is 894. The van der Waals surface area contributed by atoms with Gasteiger partial charge < -0.3 is 100 Å². The predicted molar refractivity (Wildman–Crippen MR) is 339 cm³/mol. The van der Waals surface area contributed by atoms with Crippen LogP contribution >= 0.6 is 142 Å². The van der Waals surface area contributed by atoms with Crippen LogP contribution < -0.4 is 5.73 Å². The van der Waals surface area contributed by atoms with Gasteiger partial charge in [-0.1, -0.05) is 49.3 Å². The van der Waals surface area contributed by atoms with E-state index in [0.717, 1.165) is 40.3 Å². The van der Waals surface area contributed by atoms with Gasteiger partial charge in [-0.15, -0.1) is 54.0 Å². The van der Waals surface area contributed by atoms with Crippen molar-refractivity contribution in [1.29, 1.82) is 0 Å². The Kier molecular flexibility index (Phi) is 297. The van der Waals surface area contributed by atoms with Crippen LogP contribution in [0.5, 0.6) is 0 Å². The first kappa shape index (κ1) is 146. The Morgan fingerprint density at radius 2 is 0.579 bits per heavy atom. The molecule has 0 spiro atoms. The van der Waals surface area contributed by atoms with Gasteiger partial charge >= 0.3 is 23.9 Å². The van der Waals surface area contributed by atoms with E-state index in [2.05, 4.69) is 60.6 Å². The first-order valence-corrected chi connectivity index (χ1v) is 34.0. The van der Waals surface area contributed by atoms with Crippen LogP contribution in [0.3, 0.4) is 0 Å². The van der Waals surface area contributed by atoms with E-state index in [-0.39, 0.29) is 294 Å². The van der Waals surface area contributed by atoms with Gasteiger partial charge in [-0.05, 0) is 6.92 Å². The molecule has 0 aromatic carbocycles. The minimum Gasteiger partial charge on any atom is -0.465 e. The summed E-state index contributed by atoms with van der Waals surface area (Å²) in [5, 5.41) is 24.7. The maximum absolute atomic E-state index is 10.5. The van der Waals surface area contributed by atoms with Gasteiger partial charge in [0.05, 0.1) is 19.8 Å². The van der Waals surface area contributed by atoms with Crippen LogP contribution in [0.2, 0.25) is 0 Å². The van der Waals surface area contributed by atoms with Gasteiger partial charge in [-0.25, -0.2) is 0 Å². The molecule has 0 rings (SSSR count). The van der Waals surface area contributed by atoms with Crippen LogP contribution in [-0.4, -0.2) is 143 Å². The third kappa shape index (κ3) is 233. The first-order valence-electron chi connectivity index (χ1n) is 18.5. The molecule has 0 aromatic heterocycles. The molecule has 0 bridgehead atoms. The van der Waals surface area contributed by atoms with E-state index < -0.39 is 0 Å². The van der Waals surface area contributed by atoms with Crippen molar-refractivity contribution in [3.05, 3.63) is 74.7 Å². The zero-order valence-electron chi connectivity index (χ0n) is 47.3. The third-order valence-electron chi connectivity index (χ3n) is 4.15. The molecule has 76 heavy (non-hydrogen) atoms. The van der Waals surface area contributed by atoms with E-state index >= 15 is 0 Å². The summed E-state index contributed by atoms with van der Waals surface area (Å²) in [6.07, 6.45) is 22.7. The van der Waals surface area contributed by atoms with Gasteiger partial charge in [0, 0.05) is 276 Å². The van der Waals surface area contributed by atoms with Gasteiger partial charge in [0.25, 0.3) is 0 Å². The molecule has 6 radical (unpaired) electrons. The number of rotatable bonds is 28. The van der Waals surface area contributed by atoms with Gasteiger partial charge in [-0.2, -0.15) is 0 Å². The summed E-state index contributed by atoms with van der Waals surface area (Å²) in [5.74, 6) is 4.88. The predicted octanol–water partition coefficient (Wildman–Crippen LogP) is 12.2.